The van der Waals surface area contributed by atoms with Crippen molar-refractivity contribution in [1.82, 2.24) is 29.9 Å². The van der Waals surface area contributed by atoms with E-state index < -0.39 is 0 Å². The van der Waals surface area contributed by atoms with Crippen molar-refractivity contribution in [3.8, 4) is 135 Å². The SMILES string of the molecule is CCCCCCc1ccc(-c2ccc(-c3nc(-c4ccc(-c5ccc(Br)cc5)cc4)nc(-c4ccc(-c5ccc(Br)cc5)cc4)n3)cc2)cc1.CCCCCCc1ccc(-c2ccc(-c3nc(-c4ccc(-c5ccc(C)cc5)cc4)nc(-c4ccc(-c5ccc(C)cc5)cc4)n3)cc2)cc1. The lowest BCUT2D eigenvalue weighted by Crippen LogP contribution is -2.00. The molecule has 0 aliphatic carbocycles. The molecule has 0 saturated heterocycles. The summed E-state index contributed by atoms with van der Waals surface area (Å²) in [5.41, 5.74) is 25.1. The van der Waals surface area contributed by atoms with Crippen LogP contribution in [-0.4, -0.2) is 29.9 Å². The van der Waals surface area contributed by atoms with Gasteiger partial charge in [-0.1, -0.05) is 362 Å². The van der Waals surface area contributed by atoms with Crippen LogP contribution in [0.1, 0.15) is 87.5 Å². The minimum Gasteiger partial charge on any atom is -0.208 e. The highest BCUT2D eigenvalue weighted by Crippen LogP contribution is 2.34. The average Bonchev–Trinajstić information content (AvgIpc) is 0.799. The molecule has 0 aliphatic heterocycles. The van der Waals surface area contributed by atoms with Crippen LogP contribution in [0, 0.1) is 13.8 Å². The summed E-state index contributed by atoms with van der Waals surface area (Å²) in [4.78, 5) is 30.1. The zero-order chi connectivity index (χ0) is 68.6. The van der Waals surface area contributed by atoms with Crippen molar-refractivity contribution >= 4 is 31.9 Å². The van der Waals surface area contributed by atoms with Gasteiger partial charge in [-0.25, -0.2) is 29.9 Å². The number of hydrogen-bond acceptors (Lipinski definition) is 6. The maximum absolute atomic E-state index is 5.02. The van der Waals surface area contributed by atoms with Crippen LogP contribution < -0.4 is 0 Å². The van der Waals surface area contributed by atoms with E-state index in [1.807, 2.05) is 0 Å². The fourth-order valence-electron chi connectivity index (χ4n) is 12.4. The van der Waals surface area contributed by atoms with Crippen molar-refractivity contribution in [2.75, 3.05) is 0 Å². The zero-order valence-corrected chi connectivity index (χ0v) is 60.4. The largest absolute Gasteiger partial charge is 0.208 e. The number of nitrogens with zero attached hydrogens (tertiary/aromatic N) is 6. The molecule has 0 fully saturated rings. The first-order chi connectivity index (χ1) is 49.0. The van der Waals surface area contributed by atoms with E-state index in [0.717, 1.165) is 88.5 Å². The number of aryl methyl sites for hydroxylation is 4. The first kappa shape index (κ1) is 68.2. The summed E-state index contributed by atoms with van der Waals surface area (Å²) in [6.07, 6.45) is 12.6. The van der Waals surface area contributed by atoms with Gasteiger partial charge in [0, 0.05) is 42.3 Å². The van der Waals surface area contributed by atoms with Gasteiger partial charge in [0.2, 0.25) is 0 Å². The molecule has 2 aromatic heterocycles. The molecule has 0 amide bonds. The Morgan fingerprint density at radius 1 is 0.190 bits per heavy atom. The molecular formula is C92H80Br2N6. The van der Waals surface area contributed by atoms with Gasteiger partial charge in [-0.15, -0.1) is 0 Å². The lowest BCUT2D eigenvalue weighted by Gasteiger charge is -2.11. The van der Waals surface area contributed by atoms with Crippen molar-refractivity contribution in [3.05, 3.63) is 322 Å². The number of hydrogen-bond donors (Lipinski definition) is 0. The van der Waals surface area contributed by atoms with Crippen molar-refractivity contribution < 1.29 is 0 Å². The fraction of sp³-hybridized carbons (Fsp3) is 0.152. The standard InChI is InChI=1S/C47H43N3.C45H37Br2N3/c1-4-5-6-7-8-35-13-19-38(20-14-35)41-25-31-44(32-26-41)47-49-45(42-27-21-39(22-28-42)36-15-9-33(2)10-16-36)48-46(50-47)43-29-23-40(24-30-43)37-17-11-34(3)12-18-37;1-2-3-4-5-6-31-7-9-32(10-8-31)33-11-17-38(18-12-33)43-48-44(39-19-13-34(14-20-39)36-23-27-41(46)28-24-36)50-45(49-43)40-21-15-35(16-22-40)37-25-29-42(47)30-26-37/h9-32H,4-8H2,1-3H3;7-30H,2-6H2,1H3. The first-order valence-electron chi connectivity index (χ1n) is 35.0. The Labute approximate surface area is 606 Å². The Bertz CT molecular complexity index is 4410. The maximum atomic E-state index is 5.02. The normalized spacial score (nSPS) is 11.1. The predicted octanol–water partition coefficient (Wildman–Crippen LogP) is 26.1. The Kier molecular flexibility index (Phi) is 22.5. The minimum atomic E-state index is 0.642. The number of aromatic nitrogens is 6. The minimum absolute atomic E-state index is 0.642. The van der Waals surface area contributed by atoms with E-state index in [4.69, 9.17) is 29.9 Å². The molecule has 8 heteroatoms. The van der Waals surface area contributed by atoms with Crippen LogP contribution in [0.3, 0.4) is 0 Å². The molecule has 0 radical (unpaired) electrons. The molecule has 14 rings (SSSR count). The summed E-state index contributed by atoms with van der Waals surface area (Å²) in [5, 5.41) is 0. The average molecular weight is 1430 g/mol. The first-order valence-corrected chi connectivity index (χ1v) is 36.6. The van der Waals surface area contributed by atoms with Crippen LogP contribution in [0.4, 0.5) is 0 Å². The predicted molar refractivity (Wildman–Crippen MR) is 425 cm³/mol. The van der Waals surface area contributed by atoms with Gasteiger partial charge in [-0.2, -0.15) is 0 Å². The highest BCUT2D eigenvalue weighted by molar-refractivity contribution is 9.10. The molecule has 12 aromatic carbocycles. The van der Waals surface area contributed by atoms with E-state index in [1.165, 1.54) is 107 Å². The Balaban J connectivity index is 0.000000179. The van der Waals surface area contributed by atoms with Crippen molar-refractivity contribution in [1.29, 1.82) is 0 Å². The van der Waals surface area contributed by atoms with Gasteiger partial charge >= 0.3 is 0 Å². The molecular weight excluding hydrogens is 1350 g/mol. The fourth-order valence-corrected chi connectivity index (χ4v) is 12.9. The van der Waals surface area contributed by atoms with Crippen LogP contribution >= 0.6 is 31.9 Å². The molecule has 100 heavy (non-hydrogen) atoms. The van der Waals surface area contributed by atoms with Crippen LogP contribution in [0.2, 0.25) is 0 Å². The van der Waals surface area contributed by atoms with Crippen molar-refractivity contribution in [3.63, 3.8) is 0 Å². The van der Waals surface area contributed by atoms with Crippen molar-refractivity contribution in [2.45, 2.75) is 91.9 Å². The number of halogens is 2. The zero-order valence-electron chi connectivity index (χ0n) is 57.2. The second kappa shape index (κ2) is 33.0. The van der Waals surface area contributed by atoms with Crippen molar-refractivity contribution in [2.24, 2.45) is 0 Å². The summed E-state index contributed by atoms with van der Waals surface area (Å²) in [6.45, 7) is 8.74. The summed E-state index contributed by atoms with van der Waals surface area (Å²) in [6, 6.07) is 103. The molecule has 0 saturated carbocycles. The molecule has 14 aromatic rings. The summed E-state index contributed by atoms with van der Waals surface area (Å²) in [7, 11) is 0. The summed E-state index contributed by atoms with van der Waals surface area (Å²) >= 11 is 7.07. The third kappa shape index (κ3) is 17.5. The second-order valence-electron chi connectivity index (χ2n) is 25.8. The van der Waals surface area contributed by atoms with Gasteiger partial charge in [-0.3, -0.25) is 0 Å². The molecule has 492 valence electrons. The van der Waals surface area contributed by atoms with Gasteiger partial charge in [-0.05, 0) is 142 Å². The third-order valence-electron chi connectivity index (χ3n) is 18.5. The number of unbranched alkanes of at least 4 members (excludes halogenated alkanes) is 6. The Morgan fingerprint density at radius 3 is 0.540 bits per heavy atom. The van der Waals surface area contributed by atoms with E-state index in [9.17, 15) is 0 Å². The molecule has 0 bridgehead atoms. The monoisotopic (exact) mass is 1430 g/mol. The van der Waals surface area contributed by atoms with Crippen LogP contribution in [-0.2, 0) is 12.8 Å². The van der Waals surface area contributed by atoms with Gasteiger partial charge in [0.25, 0.3) is 0 Å². The molecule has 2 heterocycles. The number of rotatable bonds is 22. The van der Waals surface area contributed by atoms with Crippen LogP contribution in [0.5, 0.6) is 0 Å². The molecule has 0 unspecified atom stereocenters. The quantitative estimate of drug-likeness (QED) is 0.0629. The van der Waals surface area contributed by atoms with Gasteiger partial charge in [0.1, 0.15) is 0 Å². The maximum Gasteiger partial charge on any atom is 0.164 e. The van der Waals surface area contributed by atoms with E-state index in [2.05, 4.69) is 351 Å². The van der Waals surface area contributed by atoms with E-state index in [1.54, 1.807) is 0 Å². The van der Waals surface area contributed by atoms with Gasteiger partial charge in [0.05, 0.1) is 0 Å². The summed E-state index contributed by atoms with van der Waals surface area (Å²) in [5.74, 6) is 3.89. The van der Waals surface area contributed by atoms with E-state index >= 15 is 0 Å². The van der Waals surface area contributed by atoms with Gasteiger partial charge in [0.15, 0.2) is 34.9 Å². The highest BCUT2D eigenvalue weighted by atomic mass is 79.9. The Hall–Kier alpha value is -10.4. The van der Waals surface area contributed by atoms with E-state index in [-0.39, 0.29) is 0 Å². The molecule has 0 aliphatic rings. The highest BCUT2D eigenvalue weighted by Gasteiger charge is 2.17. The lowest BCUT2D eigenvalue weighted by atomic mass is 10.00. The topological polar surface area (TPSA) is 77.3 Å². The van der Waals surface area contributed by atoms with Gasteiger partial charge < -0.3 is 0 Å². The summed E-state index contributed by atoms with van der Waals surface area (Å²) < 4.78 is 2.12. The third-order valence-corrected chi connectivity index (χ3v) is 19.5. The second-order valence-corrected chi connectivity index (χ2v) is 27.7. The van der Waals surface area contributed by atoms with Crippen LogP contribution in [0.15, 0.2) is 300 Å². The van der Waals surface area contributed by atoms with E-state index in [0.29, 0.717) is 34.9 Å². The molecule has 0 N–H and O–H groups in total. The number of benzene rings is 12. The molecule has 6 nitrogen and oxygen atoms in total. The van der Waals surface area contributed by atoms with Crippen LogP contribution in [0.25, 0.3) is 135 Å². The lowest BCUT2D eigenvalue weighted by molar-refractivity contribution is 0.667. The Morgan fingerprint density at radius 2 is 0.350 bits per heavy atom. The molecule has 0 spiro atoms. The molecule has 0 atom stereocenters. The smallest absolute Gasteiger partial charge is 0.164 e.